The molecule has 2 amide bonds. The Morgan fingerprint density at radius 2 is 2.04 bits per heavy atom. The Balaban J connectivity index is 1.97. The van der Waals surface area contributed by atoms with Gasteiger partial charge in [0.25, 0.3) is 0 Å². The second-order valence-corrected chi connectivity index (χ2v) is 6.17. The van der Waals surface area contributed by atoms with Crippen molar-refractivity contribution < 1.29 is 19.4 Å². The van der Waals surface area contributed by atoms with E-state index in [1.807, 2.05) is 26.0 Å². The number of aryl methyl sites for hydroxylation is 1. The number of methoxy groups -OCH3 is 1. The van der Waals surface area contributed by atoms with Crippen LogP contribution in [0, 0.1) is 19.3 Å². The van der Waals surface area contributed by atoms with Gasteiger partial charge in [-0.1, -0.05) is 6.07 Å². The van der Waals surface area contributed by atoms with E-state index < -0.39 is 0 Å². The van der Waals surface area contributed by atoms with Gasteiger partial charge in [-0.3, -0.25) is 0 Å². The highest BCUT2D eigenvalue weighted by Crippen LogP contribution is 2.30. The van der Waals surface area contributed by atoms with Gasteiger partial charge in [-0.25, -0.2) is 4.79 Å². The molecule has 0 aromatic heterocycles. The number of hydrogen-bond acceptors (Lipinski definition) is 4. The Kier molecular flexibility index (Phi) is 5.85. The predicted molar refractivity (Wildman–Crippen MR) is 89.1 cm³/mol. The second-order valence-electron chi connectivity index (χ2n) is 6.17. The first kappa shape index (κ1) is 17.6. The van der Waals surface area contributed by atoms with Gasteiger partial charge in [-0.15, -0.1) is 0 Å². The Bertz CT molecular complexity index is 554. The molecule has 0 atom stereocenters. The number of carbonyl (C=O) groups is 1. The van der Waals surface area contributed by atoms with Gasteiger partial charge in [-0.2, -0.15) is 0 Å². The summed E-state index contributed by atoms with van der Waals surface area (Å²) in [4.78, 5) is 12.2. The van der Waals surface area contributed by atoms with Crippen LogP contribution in [0.1, 0.15) is 24.0 Å². The number of nitrogens with one attached hydrogen (secondary N) is 2. The van der Waals surface area contributed by atoms with Crippen LogP contribution in [-0.2, 0) is 4.74 Å². The van der Waals surface area contributed by atoms with Crippen LogP contribution in [0.4, 0.5) is 10.5 Å². The lowest BCUT2D eigenvalue weighted by molar-refractivity contribution is -0.0136. The van der Waals surface area contributed by atoms with Crippen LogP contribution in [0.5, 0.6) is 5.75 Å². The fourth-order valence-electron chi connectivity index (χ4n) is 2.91. The minimum atomic E-state index is -0.282. The summed E-state index contributed by atoms with van der Waals surface area (Å²) in [6.07, 6.45) is 1.50. The van der Waals surface area contributed by atoms with E-state index in [2.05, 4.69) is 10.6 Å². The van der Waals surface area contributed by atoms with Crippen molar-refractivity contribution in [1.82, 2.24) is 5.32 Å². The molecule has 1 aromatic carbocycles. The standard InChI is InChI=1S/C17H26N2O4/c1-12-4-5-14(13(2)15(12)22-3)19-16(21)18-10-17(11-20)6-8-23-9-7-17/h4-5,20H,6-11H2,1-3H3,(H2,18,19,21). The highest BCUT2D eigenvalue weighted by molar-refractivity contribution is 5.90. The zero-order valence-electron chi connectivity index (χ0n) is 14.1. The molecule has 23 heavy (non-hydrogen) atoms. The molecule has 128 valence electrons. The summed E-state index contributed by atoms with van der Waals surface area (Å²) >= 11 is 0. The summed E-state index contributed by atoms with van der Waals surface area (Å²) in [7, 11) is 1.62. The summed E-state index contributed by atoms with van der Waals surface area (Å²) in [5, 5.41) is 15.4. The highest BCUT2D eigenvalue weighted by atomic mass is 16.5. The number of aliphatic hydroxyl groups excluding tert-OH is 1. The lowest BCUT2D eigenvalue weighted by Gasteiger charge is -2.35. The first-order valence-electron chi connectivity index (χ1n) is 7.89. The van der Waals surface area contributed by atoms with E-state index in [9.17, 15) is 9.90 Å². The molecule has 6 heteroatoms. The fourth-order valence-corrected chi connectivity index (χ4v) is 2.91. The number of carbonyl (C=O) groups excluding carboxylic acids is 1. The molecular formula is C17H26N2O4. The minimum Gasteiger partial charge on any atom is -0.496 e. The third kappa shape index (κ3) is 4.14. The van der Waals surface area contributed by atoms with Crippen molar-refractivity contribution >= 4 is 11.7 Å². The van der Waals surface area contributed by atoms with E-state index in [4.69, 9.17) is 9.47 Å². The number of anilines is 1. The fraction of sp³-hybridized carbons (Fsp3) is 0.588. The molecule has 1 aromatic rings. The molecule has 0 bridgehead atoms. The molecule has 1 saturated heterocycles. The van der Waals surface area contributed by atoms with Crippen LogP contribution in [0.15, 0.2) is 12.1 Å². The summed E-state index contributed by atoms with van der Waals surface area (Å²) in [6, 6.07) is 3.50. The van der Waals surface area contributed by atoms with Gasteiger partial charge >= 0.3 is 6.03 Å². The quantitative estimate of drug-likeness (QED) is 0.776. The van der Waals surface area contributed by atoms with Crippen LogP contribution in [-0.4, -0.2) is 44.6 Å². The first-order valence-corrected chi connectivity index (χ1v) is 7.89. The summed E-state index contributed by atoms with van der Waals surface area (Å²) in [5.74, 6) is 0.777. The molecule has 1 aliphatic rings. The van der Waals surface area contributed by atoms with Crippen molar-refractivity contribution in [3.05, 3.63) is 23.3 Å². The summed E-state index contributed by atoms with van der Waals surface area (Å²) < 4.78 is 10.7. The summed E-state index contributed by atoms with van der Waals surface area (Å²) in [6.45, 7) is 5.60. The molecule has 0 saturated carbocycles. The van der Waals surface area contributed by atoms with E-state index in [0.717, 1.165) is 35.4 Å². The van der Waals surface area contributed by atoms with E-state index in [1.54, 1.807) is 7.11 Å². The van der Waals surface area contributed by atoms with Crippen LogP contribution in [0.25, 0.3) is 0 Å². The Hall–Kier alpha value is -1.79. The predicted octanol–water partition coefficient (Wildman–Crippen LogP) is 2.22. The van der Waals surface area contributed by atoms with Crippen molar-refractivity contribution in [3.63, 3.8) is 0 Å². The smallest absolute Gasteiger partial charge is 0.319 e. The highest BCUT2D eigenvalue weighted by Gasteiger charge is 2.32. The number of ether oxygens (including phenoxy) is 2. The molecule has 3 N–H and O–H groups in total. The zero-order chi connectivity index (χ0) is 16.9. The Labute approximate surface area is 137 Å². The normalized spacial score (nSPS) is 16.7. The van der Waals surface area contributed by atoms with E-state index in [-0.39, 0.29) is 18.1 Å². The molecule has 0 unspecified atom stereocenters. The van der Waals surface area contributed by atoms with Crippen molar-refractivity contribution in [2.24, 2.45) is 5.41 Å². The molecule has 6 nitrogen and oxygen atoms in total. The minimum absolute atomic E-state index is 0.0496. The molecule has 1 heterocycles. The molecule has 2 rings (SSSR count). The maximum absolute atomic E-state index is 12.2. The molecule has 0 aliphatic carbocycles. The van der Waals surface area contributed by atoms with Gasteiger partial charge in [-0.05, 0) is 38.3 Å². The van der Waals surface area contributed by atoms with Crippen molar-refractivity contribution in [1.29, 1.82) is 0 Å². The number of benzene rings is 1. The van der Waals surface area contributed by atoms with Gasteiger partial charge in [0.1, 0.15) is 5.75 Å². The van der Waals surface area contributed by atoms with E-state index in [1.165, 1.54) is 0 Å². The van der Waals surface area contributed by atoms with Crippen LogP contribution >= 0.6 is 0 Å². The average Bonchev–Trinajstić information content (AvgIpc) is 2.57. The topological polar surface area (TPSA) is 79.8 Å². The van der Waals surface area contributed by atoms with Gasteiger partial charge < -0.3 is 25.2 Å². The lowest BCUT2D eigenvalue weighted by atomic mass is 9.81. The number of rotatable bonds is 5. The lowest BCUT2D eigenvalue weighted by Crippen LogP contribution is -2.44. The number of hydrogen-bond donors (Lipinski definition) is 3. The molecule has 1 fully saturated rings. The third-order valence-corrected chi connectivity index (χ3v) is 4.57. The third-order valence-electron chi connectivity index (χ3n) is 4.57. The van der Waals surface area contributed by atoms with Gasteiger partial charge in [0.15, 0.2) is 0 Å². The van der Waals surface area contributed by atoms with Gasteiger partial charge in [0, 0.05) is 36.4 Å². The van der Waals surface area contributed by atoms with Crippen molar-refractivity contribution in [3.8, 4) is 5.75 Å². The average molecular weight is 322 g/mol. The molecule has 0 radical (unpaired) electrons. The number of aliphatic hydroxyl groups is 1. The molecule has 1 aliphatic heterocycles. The van der Waals surface area contributed by atoms with E-state index in [0.29, 0.717) is 19.8 Å². The largest absolute Gasteiger partial charge is 0.496 e. The Morgan fingerprint density at radius 1 is 1.35 bits per heavy atom. The Morgan fingerprint density at radius 3 is 2.65 bits per heavy atom. The maximum Gasteiger partial charge on any atom is 0.319 e. The zero-order valence-corrected chi connectivity index (χ0v) is 14.1. The van der Waals surface area contributed by atoms with Gasteiger partial charge in [0.2, 0.25) is 0 Å². The summed E-state index contributed by atoms with van der Waals surface area (Å²) in [5.41, 5.74) is 2.35. The van der Waals surface area contributed by atoms with Crippen molar-refractivity contribution in [2.45, 2.75) is 26.7 Å². The van der Waals surface area contributed by atoms with Crippen molar-refractivity contribution in [2.75, 3.05) is 38.8 Å². The second kappa shape index (κ2) is 7.66. The monoisotopic (exact) mass is 322 g/mol. The van der Waals surface area contributed by atoms with E-state index >= 15 is 0 Å². The number of amides is 2. The van der Waals surface area contributed by atoms with Gasteiger partial charge in [0.05, 0.1) is 13.7 Å². The van der Waals surface area contributed by atoms with Crippen LogP contribution in [0.3, 0.4) is 0 Å². The molecule has 0 spiro atoms. The van der Waals surface area contributed by atoms with Crippen LogP contribution < -0.4 is 15.4 Å². The SMILES string of the molecule is COc1c(C)ccc(NC(=O)NCC2(CO)CCOCC2)c1C. The maximum atomic E-state index is 12.2. The number of urea groups is 1. The molecular weight excluding hydrogens is 296 g/mol. The van der Waals surface area contributed by atoms with Crippen LogP contribution in [0.2, 0.25) is 0 Å². The first-order chi connectivity index (χ1) is 11.0.